The summed E-state index contributed by atoms with van der Waals surface area (Å²) >= 11 is 3.34. The molecule has 5 heteroatoms. The largest absolute Gasteiger partial charge is 0.497 e. The van der Waals surface area contributed by atoms with Gasteiger partial charge in [0.2, 0.25) is 0 Å². The lowest BCUT2D eigenvalue weighted by molar-refractivity contribution is -0.116. The van der Waals surface area contributed by atoms with Crippen LogP contribution in [0.4, 0.5) is 0 Å². The highest BCUT2D eigenvalue weighted by Crippen LogP contribution is 2.52. The second-order valence-electron chi connectivity index (χ2n) is 7.71. The topological polar surface area (TPSA) is 31.2 Å². The Morgan fingerprint density at radius 3 is 2.47 bits per heavy atom. The van der Waals surface area contributed by atoms with Crippen LogP contribution in [0.15, 0.2) is 64.5 Å². The number of hydrogen-bond donors (Lipinski definition) is 0. The van der Waals surface area contributed by atoms with Crippen LogP contribution in [0.5, 0.6) is 5.75 Å². The van der Waals surface area contributed by atoms with Crippen molar-refractivity contribution in [1.82, 2.24) is 4.57 Å². The first kappa shape index (κ1) is 21.1. The van der Waals surface area contributed by atoms with Crippen molar-refractivity contribution in [2.24, 2.45) is 5.92 Å². The summed E-state index contributed by atoms with van der Waals surface area (Å²) in [4.78, 5) is 13.0. The molecule has 1 aliphatic rings. The van der Waals surface area contributed by atoms with Crippen molar-refractivity contribution < 1.29 is 9.53 Å². The number of carbonyl (C=O) groups is 1. The van der Waals surface area contributed by atoms with Crippen molar-refractivity contribution in [1.29, 1.82) is 0 Å². The molecular weight excluding hydrogens is 410 g/mol. The van der Waals surface area contributed by atoms with E-state index < -0.39 is 0 Å². The molecule has 2 atom stereocenters. The summed E-state index contributed by atoms with van der Waals surface area (Å²) in [5.41, 5.74) is 4.68. The van der Waals surface area contributed by atoms with Crippen LogP contribution >= 0.6 is 23.5 Å². The lowest BCUT2D eigenvalue weighted by Gasteiger charge is -2.07. The van der Waals surface area contributed by atoms with Crippen LogP contribution in [0, 0.1) is 5.92 Å². The maximum Gasteiger partial charge on any atom is 0.163 e. The summed E-state index contributed by atoms with van der Waals surface area (Å²) in [6.07, 6.45) is 7.29. The quantitative estimate of drug-likeness (QED) is 0.385. The molecule has 1 saturated carbocycles. The number of fused-ring (bicyclic) bond motifs is 1. The molecule has 1 fully saturated rings. The molecule has 1 aliphatic carbocycles. The lowest BCUT2D eigenvalue weighted by atomic mass is 10.0. The van der Waals surface area contributed by atoms with E-state index in [9.17, 15) is 4.79 Å². The number of hydrogen-bond acceptors (Lipinski definition) is 4. The summed E-state index contributed by atoms with van der Waals surface area (Å²) in [6.45, 7) is 2.78. The first-order valence-corrected chi connectivity index (χ1v) is 12.6. The molecule has 3 aromatic rings. The van der Waals surface area contributed by atoms with Crippen molar-refractivity contribution in [2.45, 2.75) is 25.8 Å². The Balaban J connectivity index is 1.62. The minimum absolute atomic E-state index is 0.111. The van der Waals surface area contributed by atoms with Gasteiger partial charge in [-0.15, -0.1) is 23.5 Å². The van der Waals surface area contributed by atoms with Gasteiger partial charge in [0.05, 0.1) is 7.11 Å². The van der Waals surface area contributed by atoms with E-state index in [1.165, 1.54) is 22.0 Å². The molecule has 2 aromatic carbocycles. The summed E-state index contributed by atoms with van der Waals surface area (Å²) in [5, 5.41) is 1.27. The van der Waals surface area contributed by atoms with Gasteiger partial charge in [-0.25, -0.2) is 0 Å². The van der Waals surface area contributed by atoms with Gasteiger partial charge in [-0.1, -0.05) is 30.3 Å². The summed E-state index contributed by atoms with van der Waals surface area (Å²) < 4.78 is 8.72. The molecular formula is C25H27NO2S2. The monoisotopic (exact) mass is 437 g/mol. The Morgan fingerprint density at radius 2 is 1.80 bits per heavy atom. The third kappa shape index (κ3) is 4.06. The second-order valence-corrected chi connectivity index (χ2v) is 9.60. The third-order valence-electron chi connectivity index (χ3n) is 5.90. The number of allylic oxidation sites excluding steroid dienone is 1. The van der Waals surface area contributed by atoms with Gasteiger partial charge in [-0.2, -0.15) is 0 Å². The average Bonchev–Trinajstić information content (AvgIpc) is 3.50. The Morgan fingerprint density at radius 1 is 1.10 bits per heavy atom. The number of benzene rings is 2. The molecule has 1 heterocycles. The number of ketones is 1. The SMILES string of the molecule is COc1ccc(Cn2cc(C3CC3C(=O)C(C)=C(SC)SC)c3ccccc32)cc1. The van der Waals surface area contributed by atoms with Crippen LogP contribution in [0.1, 0.15) is 30.4 Å². The molecule has 0 aliphatic heterocycles. The van der Waals surface area contributed by atoms with Gasteiger partial charge < -0.3 is 9.30 Å². The van der Waals surface area contributed by atoms with Crippen LogP contribution < -0.4 is 4.74 Å². The zero-order valence-corrected chi connectivity index (χ0v) is 19.5. The van der Waals surface area contributed by atoms with E-state index in [1.54, 1.807) is 30.6 Å². The molecule has 4 rings (SSSR count). The Hall–Kier alpha value is -2.11. The molecule has 0 amide bonds. The van der Waals surface area contributed by atoms with Crippen molar-refractivity contribution in [2.75, 3.05) is 19.6 Å². The van der Waals surface area contributed by atoms with Gasteiger partial charge in [0.15, 0.2) is 5.78 Å². The Bertz CT molecular complexity index is 1090. The van der Waals surface area contributed by atoms with E-state index in [0.717, 1.165) is 28.5 Å². The lowest BCUT2D eigenvalue weighted by Crippen LogP contribution is -2.05. The van der Waals surface area contributed by atoms with Gasteiger partial charge in [-0.3, -0.25) is 4.79 Å². The molecule has 3 nitrogen and oxygen atoms in total. The standard InChI is InChI=1S/C25H27NO2S2/c1-16(25(29-3)30-4)24(27)21-13-20(21)22-15-26(23-8-6-5-7-19(22)23)14-17-9-11-18(28-2)12-10-17/h5-12,15,20-21H,13-14H2,1-4H3. The first-order valence-electron chi connectivity index (χ1n) is 10.1. The Kier molecular flexibility index (Phi) is 6.30. The van der Waals surface area contributed by atoms with Gasteiger partial charge >= 0.3 is 0 Å². The second kappa shape index (κ2) is 8.94. The van der Waals surface area contributed by atoms with Crippen LogP contribution in [0.25, 0.3) is 10.9 Å². The molecule has 0 saturated heterocycles. The number of rotatable bonds is 8. The normalized spacial score (nSPS) is 17.7. The molecule has 156 valence electrons. The number of para-hydroxylation sites is 1. The van der Waals surface area contributed by atoms with E-state index >= 15 is 0 Å². The van der Waals surface area contributed by atoms with Crippen LogP contribution in [-0.4, -0.2) is 30.0 Å². The fourth-order valence-electron chi connectivity index (χ4n) is 4.23. The molecule has 1 aromatic heterocycles. The summed E-state index contributed by atoms with van der Waals surface area (Å²) in [7, 11) is 1.69. The fourth-order valence-corrected chi connectivity index (χ4v) is 5.71. The van der Waals surface area contributed by atoms with E-state index in [-0.39, 0.29) is 5.92 Å². The van der Waals surface area contributed by atoms with E-state index in [1.807, 2.05) is 31.6 Å². The van der Waals surface area contributed by atoms with Crippen molar-refractivity contribution in [3.05, 3.63) is 75.7 Å². The number of carbonyl (C=O) groups excluding carboxylic acids is 1. The van der Waals surface area contributed by atoms with Gasteiger partial charge in [0.25, 0.3) is 0 Å². The molecule has 0 bridgehead atoms. The van der Waals surface area contributed by atoms with Crippen molar-refractivity contribution >= 4 is 40.2 Å². The highest BCUT2D eigenvalue weighted by molar-refractivity contribution is 8.21. The third-order valence-corrected chi connectivity index (χ3v) is 8.26. The van der Waals surface area contributed by atoms with E-state index in [2.05, 4.69) is 47.2 Å². The number of nitrogens with zero attached hydrogens (tertiary/aromatic N) is 1. The smallest absolute Gasteiger partial charge is 0.163 e. The zero-order valence-electron chi connectivity index (χ0n) is 17.8. The summed E-state index contributed by atoms with van der Waals surface area (Å²) in [5.74, 6) is 1.61. The maximum atomic E-state index is 13.0. The first-order chi connectivity index (χ1) is 14.6. The molecule has 0 radical (unpaired) electrons. The van der Waals surface area contributed by atoms with E-state index in [4.69, 9.17) is 4.74 Å². The van der Waals surface area contributed by atoms with Crippen LogP contribution in [0.3, 0.4) is 0 Å². The number of methoxy groups -OCH3 is 1. The Labute approximate surface area is 186 Å². The van der Waals surface area contributed by atoms with Crippen molar-refractivity contribution in [3.8, 4) is 5.75 Å². The minimum Gasteiger partial charge on any atom is -0.497 e. The number of ether oxygens (including phenoxy) is 1. The van der Waals surface area contributed by atoms with Gasteiger partial charge in [-0.05, 0) is 61.1 Å². The van der Waals surface area contributed by atoms with Gasteiger partial charge in [0.1, 0.15) is 5.75 Å². The number of Topliss-reactive ketones (excluding diaryl/α,β-unsaturated/α-hetero) is 1. The summed E-state index contributed by atoms with van der Waals surface area (Å²) in [6, 6.07) is 16.8. The average molecular weight is 438 g/mol. The number of aromatic nitrogens is 1. The zero-order chi connectivity index (χ0) is 21.3. The molecule has 0 spiro atoms. The van der Waals surface area contributed by atoms with Crippen molar-refractivity contribution in [3.63, 3.8) is 0 Å². The predicted molar refractivity (Wildman–Crippen MR) is 130 cm³/mol. The molecule has 2 unspecified atom stereocenters. The molecule has 0 N–H and O–H groups in total. The fraction of sp³-hybridized carbons (Fsp3) is 0.320. The van der Waals surface area contributed by atoms with Crippen LogP contribution in [0.2, 0.25) is 0 Å². The van der Waals surface area contributed by atoms with Crippen LogP contribution in [-0.2, 0) is 11.3 Å². The van der Waals surface area contributed by atoms with Gasteiger partial charge in [0, 0.05) is 39.4 Å². The maximum absolute atomic E-state index is 13.0. The predicted octanol–water partition coefficient (Wildman–Crippen LogP) is 6.33. The highest BCUT2D eigenvalue weighted by atomic mass is 32.2. The molecule has 30 heavy (non-hydrogen) atoms. The highest BCUT2D eigenvalue weighted by Gasteiger charge is 2.45. The van der Waals surface area contributed by atoms with E-state index in [0.29, 0.717) is 11.7 Å². The minimum atomic E-state index is 0.111. The number of thioether (sulfide) groups is 2.